The van der Waals surface area contributed by atoms with Crippen molar-refractivity contribution in [3.05, 3.63) is 42.0 Å². The number of aromatic nitrogens is 2. The van der Waals surface area contributed by atoms with Crippen molar-refractivity contribution in [2.75, 3.05) is 13.7 Å². The summed E-state index contributed by atoms with van der Waals surface area (Å²) in [6.07, 6.45) is 4.02. The van der Waals surface area contributed by atoms with Crippen molar-refractivity contribution in [2.24, 2.45) is 0 Å². The third-order valence-corrected chi connectivity index (χ3v) is 5.10. The first-order valence-electron chi connectivity index (χ1n) is 6.28. The number of aromatic amines is 1. The molecule has 0 amide bonds. The van der Waals surface area contributed by atoms with Crippen molar-refractivity contribution >= 4 is 10.0 Å². The summed E-state index contributed by atoms with van der Waals surface area (Å²) in [5.74, 6) is 1.39. The molecule has 0 radical (unpaired) electrons. The van der Waals surface area contributed by atoms with Crippen LogP contribution in [0.1, 0.15) is 11.4 Å². The van der Waals surface area contributed by atoms with Crippen LogP contribution in [0.25, 0.3) is 0 Å². The summed E-state index contributed by atoms with van der Waals surface area (Å²) in [5, 5.41) is 0. The summed E-state index contributed by atoms with van der Waals surface area (Å²) in [4.78, 5) is 7.22. The molecule has 0 aliphatic carbocycles. The van der Waals surface area contributed by atoms with E-state index in [1.54, 1.807) is 37.6 Å². The molecule has 1 N–H and O–H groups in total. The van der Waals surface area contributed by atoms with Crippen LogP contribution in [0.5, 0.6) is 5.75 Å². The van der Waals surface area contributed by atoms with E-state index in [2.05, 4.69) is 9.97 Å². The molecule has 20 heavy (non-hydrogen) atoms. The summed E-state index contributed by atoms with van der Waals surface area (Å²) >= 11 is 0. The second kappa shape index (κ2) is 4.92. The highest BCUT2D eigenvalue weighted by Crippen LogP contribution is 2.28. The van der Waals surface area contributed by atoms with E-state index in [9.17, 15) is 8.42 Å². The fourth-order valence-electron chi connectivity index (χ4n) is 2.18. The lowest BCUT2D eigenvalue weighted by atomic mass is 10.2. The lowest BCUT2D eigenvalue weighted by molar-refractivity contribution is 0.356. The predicted molar refractivity (Wildman–Crippen MR) is 72.9 cm³/mol. The van der Waals surface area contributed by atoms with E-state index < -0.39 is 10.0 Å². The molecule has 0 unspecified atom stereocenters. The Balaban J connectivity index is 1.87. The molecule has 0 bridgehead atoms. The SMILES string of the molecule is CN(Cc1ncc[nH]1)S(=O)(=O)c1ccc2c(c1)CCO2. The molecule has 7 heteroatoms. The monoisotopic (exact) mass is 293 g/mol. The Labute approximate surface area is 117 Å². The number of hydrogen-bond donors (Lipinski definition) is 1. The summed E-state index contributed by atoms with van der Waals surface area (Å²) in [6, 6.07) is 4.99. The van der Waals surface area contributed by atoms with Gasteiger partial charge in [-0.1, -0.05) is 0 Å². The number of benzene rings is 1. The quantitative estimate of drug-likeness (QED) is 0.918. The Morgan fingerprint density at radius 3 is 3.05 bits per heavy atom. The number of ether oxygens (including phenoxy) is 1. The van der Waals surface area contributed by atoms with E-state index in [0.717, 1.165) is 17.7 Å². The van der Waals surface area contributed by atoms with Gasteiger partial charge >= 0.3 is 0 Å². The number of rotatable bonds is 4. The van der Waals surface area contributed by atoms with Crippen molar-refractivity contribution in [2.45, 2.75) is 17.9 Å². The smallest absolute Gasteiger partial charge is 0.243 e. The van der Waals surface area contributed by atoms with Gasteiger partial charge in [-0.2, -0.15) is 4.31 Å². The van der Waals surface area contributed by atoms with Crippen LogP contribution in [-0.4, -0.2) is 36.3 Å². The minimum Gasteiger partial charge on any atom is -0.493 e. The van der Waals surface area contributed by atoms with Gasteiger partial charge in [-0.05, 0) is 23.8 Å². The van der Waals surface area contributed by atoms with Gasteiger partial charge in [0.1, 0.15) is 11.6 Å². The Hall–Kier alpha value is -1.86. The van der Waals surface area contributed by atoms with Crippen LogP contribution < -0.4 is 4.74 Å². The standard InChI is InChI=1S/C13H15N3O3S/c1-16(9-13-14-5-6-15-13)20(17,18)11-2-3-12-10(8-11)4-7-19-12/h2-3,5-6,8H,4,7,9H2,1H3,(H,14,15). The number of hydrogen-bond acceptors (Lipinski definition) is 4. The van der Waals surface area contributed by atoms with Crippen LogP contribution in [0.4, 0.5) is 0 Å². The molecular weight excluding hydrogens is 278 g/mol. The maximum atomic E-state index is 12.5. The van der Waals surface area contributed by atoms with Crippen molar-refractivity contribution in [1.82, 2.24) is 14.3 Å². The van der Waals surface area contributed by atoms with Crippen molar-refractivity contribution < 1.29 is 13.2 Å². The van der Waals surface area contributed by atoms with Crippen molar-refractivity contribution in [3.63, 3.8) is 0 Å². The highest BCUT2D eigenvalue weighted by Gasteiger charge is 2.24. The van der Waals surface area contributed by atoms with Gasteiger partial charge in [0, 0.05) is 25.9 Å². The summed E-state index contributed by atoms with van der Waals surface area (Å²) in [6.45, 7) is 0.823. The number of H-pyrrole nitrogens is 1. The first-order valence-corrected chi connectivity index (χ1v) is 7.72. The van der Waals surface area contributed by atoms with Crippen LogP contribution in [-0.2, 0) is 23.0 Å². The van der Waals surface area contributed by atoms with Crippen LogP contribution in [0, 0.1) is 0 Å². The zero-order chi connectivity index (χ0) is 14.2. The van der Waals surface area contributed by atoms with Crippen LogP contribution in [0.15, 0.2) is 35.5 Å². The van der Waals surface area contributed by atoms with E-state index in [0.29, 0.717) is 12.4 Å². The first kappa shape index (κ1) is 13.1. The molecular formula is C13H15N3O3S. The van der Waals surface area contributed by atoms with Crippen LogP contribution in [0.3, 0.4) is 0 Å². The van der Waals surface area contributed by atoms with Gasteiger partial charge in [0.25, 0.3) is 0 Å². The Kier molecular flexibility index (Phi) is 3.23. The molecule has 1 aromatic heterocycles. The molecule has 1 aromatic carbocycles. The molecule has 2 aromatic rings. The summed E-state index contributed by atoms with van der Waals surface area (Å²) < 4.78 is 31.7. The van der Waals surface area contributed by atoms with E-state index in [-0.39, 0.29) is 11.4 Å². The molecule has 0 spiro atoms. The van der Waals surface area contributed by atoms with E-state index in [4.69, 9.17) is 4.74 Å². The molecule has 2 heterocycles. The Morgan fingerprint density at radius 1 is 1.45 bits per heavy atom. The normalized spacial score (nSPS) is 14.3. The second-order valence-corrected chi connectivity index (χ2v) is 6.71. The summed E-state index contributed by atoms with van der Waals surface area (Å²) in [7, 11) is -1.98. The number of nitrogens with one attached hydrogen (secondary N) is 1. The maximum absolute atomic E-state index is 12.5. The zero-order valence-corrected chi connectivity index (χ0v) is 11.9. The summed E-state index contributed by atoms with van der Waals surface area (Å²) in [5.41, 5.74) is 0.942. The third-order valence-electron chi connectivity index (χ3n) is 3.30. The minimum absolute atomic E-state index is 0.211. The lowest BCUT2D eigenvalue weighted by Crippen LogP contribution is -2.27. The first-order chi connectivity index (χ1) is 9.57. The Bertz CT molecular complexity index is 710. The number of nitrogens with zero attached hydrogens (tertiary/aromatic N) is 2. The fourth-order valence-corrected chi connectivity index (χ4v) is 3.37. The van der Waals surface area contributed by atoms with Gasteiger partial charge in [-0.25, -0.2) is 13.4 Å². The Morgan fingerprint density at radius 2 is 2.30 bits per heavy atom. The van der Waals surface area contributed by atoms with Gasteiger partial charge in [-0.3, -0.25) is 0 Å². The average Bonchev–Trinajstić information content (AvgIpc) is 3.07. The van der Waals surface area contributed by atoms with Crippen LogP contribution >= 0.6 is 0 Å². The van der Waals surface area contributed by atoms with Gasteiger partial charge in [-0.15, -0.1) is 0 Å². The third kappa shape index (κ3) is 2.30. The molecule has 0 fully saturated rings. The number of imidazole rings is 1. The molecule has 0 atom stereocenters. The molecule has 1 aliphatic heterocycles. The zero-order valence-electron chi connectivity index (χ0n) is 11.0. The largest absolute Gasteiger partial charge is 0.493 e. The molecule has 6 nitrogen and oxygen atoms in total. The lowest BCUT2D eigenvalue weighted by Gasteiger charge is -2.16. The average molecular weight is 293 g/mol. The van der Waals surface area contributed by atoms with Crippen molar-refractivity contribution in [3.8, 4) is 5.75 Å². The van der Waals surface area contributed by atoms with Gasteiger partial charge < -0.3 is 9.72 Å². The second-order valence-electron chi connectivity index (χ2n) is 4.66. The van der Waals surface area contributed by atoms with Crippen LogP contribution in [0.2, 0.25) is 0 Å². The molecule has 106 valence electrons. The molecule has 0 saturated heterocycles. The van der Waals surface area contributed by atoms with Crippen molar-refractivity contribution in [1.29, 1.82) is 0 Å². The van der Waals surface area contributed by atoms with E-state index >= 15 is 0 Å². The fraction of sp³-hybridized carbons (Fsp3) is 0.308. The maximum Gasteiger partial charge on any atom is 0.243 e. The number of fused-ring (bicyclic) bond motifs is 1. The minimum atomic E-state index is -3.52. The molecule has 1 aliphatic rings. The van der Waals surface area contributed by atoms with Gasteiger partial charge in [0.05, 0.1) is 18.0 Å². The van der Waals surface area contributed by atoms with E-state index in [1.165, 1.54) is 4.31 Å². The molecule has 0 saturated carbocycles. The van der Waals surface area contributed by atoms with Gasteiger partial charge in [0.15, 0.2) is 0 Å². The van der Waals surface area contributed by atoms with Gasteiger partial charge in [0.2, 0.25) is 10.0 Å². The highest BCUT2D eigenvalue weighted by atomic mass is 32.2. The van der Waals surface area contributed by atoms with E-state index in [1.807, 2.05) is 0 Å². The number of sulfonamides is 1. The topological polar surface area (TPSA) is 75.3 Å². The predicted octanol–water partition coefficient (Wildman–Crippen LogP) is 1.17. The highest BCUT2D eigenvalue weighted by molar-refractivity contribution is 7.89. The molecule has 3 rings (SSSR count).